The number of halogens is 7. The zero-order valence-electron chi connectivity index (χ0n) is 15.0. The van der Waals surface area contributed by atoms with Crippen molar-refractivity contribution in [2.24, 2.45) is 0 Å². The van der Waals surface area contributed by atoms with Crippen LogP contribution in [0.15, 0.2) is 42.5 Å². The molecule has 5 nitrogen and oxygen atoms in total. The summed E-state index contributed by atoms with van der Waals surface area (Å²) in [4.78, 5) is 23.9. The highest BCUT2D eigenvalue weighted by Crippen LogP contribution is 2.33. The number of rotatable bonds is 4. The molecule has 2 rings (SSSR count). The molecule has 1 atom stereocenters. The molecular weight excluding hydrogens is 442 g/mol. The largest absolute Gasteiger partial charge is 0.426 e. The van der Waals surface area contributed by atoms with Gasteiger partial charge in [0.05, 0.1) is 16.3 Å². The van der Waals surface area contributed by atoms with Crippen molar-refractivity contribution in [1.29, 1.82) is 0 Å². The lowest BCUT2D eigenvalue weighted by molar-refractivity contribution is -0.242. The number of amides is 2. The second kappa shape index (κ2) is 8.15. The Morgan fingerprint density at radius 2 is 1.60 bits per heavy atom. The van der Waals surface area contributed by atoms with Crippen LogP contribution in [0.4, 0.5) is 37.7 Å². The highest BCUT2D eigenvalue weighted by atomic mass is 35.5. The van der Waals surface area contributed by atoms with E-state index in [0.29, 0.717) is 6.07 Å². The van der Waals surface area contributed by atoms with Crippen molar-refractivity contribution in [2.45, 2.75) is 24.9 Å². The Balaban J connectivity index is 2.17. The van der Waals surface area contributed by atoms with E-state index in [1.165, 1.54) is 6.07 Å². The van der Waals surface area contributed by atoms with Crippen LogP contribution in [0.25, 0.3) is 0 Å². The van der Waals surface area contributed by atoms with Crippen molar-refractivity contribution >= 4 is 34.8 Å². The molecule has 30 heavy (non-hydrogen) atoms. The van der Waals surface area contributed by atoms with Crippen LogP contribution in [0.5, 0.6) is 0 Å². The van der Waals surface area contributed by atoms with E-state index in [1.807, 2.05) is 0 Å². The first-order valence-electron chi connectivity index (χ1n) is 8.01. The molecule has 2 aromatic rings. The molecule has 0 radical (unpaired) electrons. The predicted molar refractivity (Wildman–Crippen MR) is 96.2 cm³/mol. The predicted octanol–water partition coefficient (Wildman–Crippen LogP) is 4.86. The number of carbonyl (C=O) groups excluding carboxylic acids is 2. The molecule has 0 saturated heterocycles. The van der Waals surface area contributed by atoms with Gasteiger partial charge in [0.2, 0.25) is 5.60 Å². The molecule has 1 unspecified atom stereocenters. The molecule has 162 valence electrons. The summed E-state index contributed by atoms with van der Waals surface area (Å²) in [6.45, 7) is 0.257. The van der Waals surface area contributed by atoms with Crippen LogP contribution in [0.1, 0.15) is 22.8 Å². The fraction of sp³-hybridized carbons (Fsp3) is 0.222. The Bertz CT molecular complexity index is 973. The second-order valence-corrected chi connectivity index (χ2v) is 6.66. The summed E-state index contributed by atoms with van der Waals surface area (Å²) in [5, 5.41) is 13.0. The van der Waals surface area contributed by atoms with Crippen LogP contribution in [0.2, 0.25) is 5.02 Å². The molecule has 0 bridgehead atoms. The Labute approximate surface area is 170 Å². The van der Waals surface area contributed by atoms with Crippen molar-refractivity contribution in [2.75, 3.05) is 10.6 Å². The number of aliphatic hydroxyl groups is 1. The topological polar surface area (TPSA) is 78.4 Å². The molecule has 0 heterocycles. The molecule has 12 heteroatoms. The lowest BCUT2D eigenvalue weighted by atomic mass is 10.1. The van der Waals surface area contributed by atoms with E-state index in [1.54, 1.807) is 5.32 Å². The Morgan fingerprint density at radius 3 is 2.13 bits per heavy atom. The SMILES string of the molecule is CC(O)(C(=O)Nc1ccc(C(=O)Nc2cccc(C(F)(F)F)c2)cc1Cl)C(F)(F)F. The summed E-state index contributed by atoms with van der Waals surface area (Å²) in [6, 6.07) is 6.93. The Kier molecular flexibility index (Phi) is 6.38. The van der Waals surface area contributed by atoms with E-state index < -0.39 is 35.3 Å². The molecule has 0 aliphatic carbocycles. The average molecular weight is 455 g/mol. The van der Waals surface area contributed by atoms with Crippen LogP contribution >= 0.6 is 11.6 Å². The first-order valence-corrected chi connectivity index (χ1v) is 8.39. The van der Waals surface area contributed by atoms with E-state index in [0.717, 1.165) is 30.3 Å². The van der Waals surface area contributed by atoms with Gasteiger partial charge in [0.1, 0.15) is 0 Å². The second-order valence-electron chi connectivity index (χ2n) is 6.25. The maximum atomic E-state index is 12.7. The van der Waals surface area contributed by atoms with Gasteiger partial charge in [-0.3, -0.25) is 9.59 Å². The van der Waals surface area contributed by atoms with Gasteiger partial charge < -0.3 is 15.7 Å². The lowest BCUT2D eigenvalue weighted by Gasteiger charge is -2.25. The van der Waals surface area contributed by atoms with Gasteiger partial charge in [-0.1, -0.05) is 17.7 Å². The van der Waals surface area contributed by atoms with E-state index in [2.05, 4.69) is 5.32 Å². The van der Waals surface area contributed by atoms with Crippen molar-refractivity contribution in [3.05, 3.63) is 58.6 Å². The van der Waals surface area contributed by atoms with Gasteiger partial charge >= 0.3 is 12.4 Å². The van der Waals surface area contributed by atoms with Gasteiger partial charge in [0.25, 0.3) is 11.8 Å². The molecule has 0 spiro atoms. The number of carbonyl (C=O) groups is 2. The summed E-state index contributed by atoms with van der Waals surface area (Å²) in [5.41, 5.74) is -5.27. The minimum absolute atomic E-state index is 0.141. The number of hydrogen-bond acceptors (Lipinski definition) is 3. The maximum Gasteiger partial charge on any atom is 0.426 e. The third kappa shape index (κ3) is 5.22. The van der Waals surface area contributed by atoms with Gasteiger partial charge in [-0.25, -0.2) is 0 Å². The Morgan fingerprint density at radius 1 is 0.967 bits per heavy atom. The number of hydrogen-bond donors (Lipinski definition) is 3. The summed E-state index contributed by atoms with van der Waals surface area (Å²) in [7, 11) is 0. The van der Waals surface area contributed by atoms with Gasteiger partial charge in [0, 0.05) is 11.3 Å². The van der Waals surface area contributed by atoms with Crippen LogP contribution in [-0.2, 0) is 11.0 Å². The molecule has 2 amide bonds. The minimum Gasteiger partial charge on any atom is -0.373 e. The fourth-order valence-electron chi connectivity index (χ4n) is 2.11. The first-order chi connectivity index (χ1) is 13.6. The molecular formula is C18H13ClF6N2O3. The number of benzene rings is 2. The Hall–Kier alpha value is -2.79. The van der Waals surface area contributed by atoms with E-state index in [-0.39, 0.29) is 28.9 Å². The summed E-state index contributed by atoms with van der Waals surface area (Å²) >= 11 is 5.86. The monoisotopic (exact) mass is 454 g/mol. The quantitative estimate of drug-likeness (QED) is 0.577. The number of alkyl halides is 6. The van der Waals surface area contributed by atoms with Gasteiger partial charge in [-0.2, -0.15) is 26.3 Å². The van der Waals surface area contributed by atoms with E-state index >= 15 is 0 Å². The lowest BCUT2D eigenvalue weighted by Crippen LogP contribution is -2.52. The molecule has 0 aliphatic heterocycles. The molecule has 3 N–H and O–H groups in total. The third-order valence-electron chi connectivity index (χ3n) is 3.92. The third-order valence-corrected chi connectivity index (χ3v) is 4.23. The van der Waals surface area contributed by atoms with Crippen molar-refractivity contribution in [3.8, 4) is 0 Å². The van der Waals surface area contributed by atoms with Crippen LogP contribution in [0, 0.1) is 0 Å². The van der Waals surface area contributed by atoms with Gasteiger partial charge in [0.15, 0.2) is 0 Å². The smallest absolute Gasteiger partial charge is 0.373 e. The van der Waals surface area contributed by atoms with Crippen LogP contribution in [-0.4, -0.2) is 28.7 Å². The number of anilines is 2. The van der Waals surface area contributed by atoms with Crippen LogP contribution in [0.3, 0.4) is 0 Å². The van der Waals surface area contributed by atoms with Crippen molar-refractivity contribution in [3.63, 3.8) is 0 Å². The highest BCUT2D eigenvalue weighted by Gasteiger charge is 2.55. The van der Waals surface area contributed by atoms with E-state index in [9.17, 15) is 41.0 Å². The molecule has 0 aliphatic rings. The summed E-state index contributed by atoms with van der Waals surface area (Å²) in [6.07, 6.45) is -9.85. The van der Waals surface area contributed by atoms with Crippen LogP contribution < -0.4 is 10.6 Å². The van der Waals surface area contributed by atoms with E-state index in [4.69, 9.17) is 11.6 Å². The minimum atomic E-state index is -5.24. The molecule has 0 saturated carbocycles. The summed E-state index contributed by atoms with van der Waals surface area (Å²) in [5.74, 6) is -2.64. The molecule has 0 aromatic heterocycles. The number of nitrogens with one attached hydrogen (secondary N) is 2. The average Bonchev–Trinajstić information content (AvgIpc) is 2.61. The zero-order valence-corrected chi connectivity index (χ0v) is 15.7. The first kappa shape index (κ1) is 23.5. The standard InChI is InChI=1S/C18H13ClF6N2O3/c1-16(30,18(23,24)25)15(29)27-13-6-5-9(7-12(13)19)14(28)26-11-4-2-3-10(8-11)17(20,21)22/h2-8,30H,1H3,(H,26,28)(H,27,29). The summed E-state index contributed by atoms with van der Waals surface area (Å²) < 4.78 is 76.3. The van der Waals surface area contributed by atoms with Crippen molar-refractivity contribution in [1.82, 2.24) is 0 Å². The molecule has 2 aromatic carbocycles. The van der Waals surface area contributed by atoms with Crippen molar-refractivity contribution < 1.29 is 41.0 Å². The zero-order chi connectivity index (χ0) is 22.9. The van der Waals surface area contributed by atoms with Gasteiger partial charge in [-0.05, 0) is 43.3 Å². The highest BCUT2D eigenvalue weighted by molar-refractivity contribution is 6.34. The molecule has 0 fully saturated rings. The normalized spacial score (nSPS) is 14.0. The fourth-order valence-corrected chi connectivity index (χ4v) is 2.33. The van der Waals surface area contributed by atoms with Gasteiger partial charge in [-0.15, -0.1) is 0 Å². The maximum absolute atomic E-state index is 12.7.